The molecule has 94 valence electrons. The van der Waals surface area contributed by atoms with Crippen LogP contribution in [0.4, 0.5) is 0 Å². The Labute approximate surface area is 111 Å². The molecule has 2 rings (SSSR count). The number of thiophene rings is 1. The number of thioether (sulfide) groups is 1. The second-order valence-electron chi connectivity index (χ2n) is 3.46. The van der Waals surface area contributed by atoms with E-state index in [1.807, 2.05) is 16.8 Å². The second kappa shape index (κ2) is 5.32. The van der Waals surface area contributed by atoms with Crippen molar-refractivity contribution in [2.45, 2.75) is 17.3 Å². The van der Waals surface area contributed by atoms with E-state index in [1.165, 1.54) is 15.9 Å². The summed E-state index contributed by atoms with van der Waals surface area (Å²) in [6.45, 7) is 1.65. The summed E-state index contributed by atoms with van der Waals surface area (Å²) in [7, 11) is 0. The normalized spacial score (nSPS) is 12.3. The Bertz CT molecular complexity index is 564. The molecule has 1 unspecified atom stereocenters. The zero-order valence-corrected chi connectivity index (χ0v) is 11.1. The fourth-order valence-corrected chi connectivity index (χ4v) is 2.65. The van der Waals surface area contributed by atoms with Crippen molar-refractivity contribution in [1.29, 1.82) is 0 Å². The Hall–Kier alpha value is -1.67. The second-order valence-corrected chi connectivity index (χ2v) is 5.54. The molecule has 2 N–H and O–H groups in total. The highest BCUT2D eigenvalue weighted by Gasteiger charge is 2.18. The van der Waals surface area contributed by atoms with Gasteiger partial charge in [0.25, 0.3) is 0 Å². The lowest BCUT2D eigenvalue weighted by Crippen LogP contribution is -2.23. The van der Waals surface area contributed by atoms with Crippen molar-refractivity contribution in [2.75, 3.05) is 0 Å². The largest absolute Gasteiger partial charge is 0.369 e. The fourth-order valence-electron chi connectivity index (χ4n) is 1.26. The molecule has 0 aliphatic rings. The van der Waals surface area contributed by atoms with Gasteiger partial charge in [-0.1, -0.05) is 11.8 Å². The number of nitrogens with two attached hydrogens (primary N) is 1. The molecule has 0 saturated heterocycles. The van der Waals surface area contributed by atoms with Crippen molar-refractivity contribution in [3.05, 3.63) is 16.8 Å². The molecule has 0 spiro atoms. The molecular formula is C10H10N4O2S2. The Kier molecular flexibility index (Phi) is 3.78. The first-order valence-electron chi connectivity index (χ1n) is 5.02. The molecule has 0 bridgehead atoms. The van der Waals surface area contributed by atoms with E-state index in [0.29, 0.717) is 17.4 Å². The van der Waals surface area contributed by atoms with Crippen LogP contribution >= 0.6 is 23.1 Å². The van der Waals surface area contributed by atoms with Gasteiger partial charge < -0.3 is 5.73 Å². The fraction of sp³-hybridized carbons (Fsp3) is 0.200. The van der Waals surface area contributed by atoms with E-state index >= 15 is 0 Å². The topological polar surface area (TPSA) is 90.9 Å². The highest BCUT2D eigenvalue weighted by atomic mass is 32.2. The predicted molar refractivity (Wildman–Crippen MR) is 70.0 cm³/mol. The van der Waals surface area contributed by atoms with Gasteiger partial charge in [0.1, 0.15) is 0 Å². The van der Waals surface area contributed by atoms with Crippen molar-refractivity contribution < 1.29 is 9.59 Å². The van der Waals surface area contributed by atoms with Crippen molar-refractivity contribution in [1.82, 2.24) is 14.8 Å². The molecule has 2 aromatic heterocycles. The zero-order chi connectivity index (χ0) is 13.1. The summed E-state index contributed by atoms with van der Waals surface area (Å²) < 4.78 is 1.31. The molecule has 8 heteroatoms. The molecule has 2 heterocycles. The monoisotopic (exact) mass is 282 g/mol. The molecule has 0 aliphatic carbocycles. The summed E-state index contributed by atoms with van der Waals surface area (Å²) in [6, 6.07) is 1.85. The van der Waals surface area contributed by atoms with Gasteiger partial charge in [-0.05, 0) is 18.4 Å². The van der Waals surface area contributed by atoms with Gasteiger partial charge in [-0.3, -0.25) is 9.59 Å². The van der Waals surface area contributed by atoms with Gasteiger partial charge in [0.2, 0.25) is 12.3 Å². The minimum atomic E-state index is -0.469. The smallest absolute Gasteiger partial charge is 0.230 e. The van der Waals surface area contributed by atoms with Crippen molar-refractivity contribution >= 4 is 35.4 Å². The van der Waals surface area contributed by atoms with Crippen LogP contribution in [0.2, 0.25) is 0 Å². The molecule has 0 radical (unpaired) electrons. The highest BCUT2D eigenvalue weighted by molar-refractivity contribution is 8.00. The molecular weight excluding hydrogens is 272 g/mol. The predicted octanol–water partition coefficient (Wildman–Crippen LogP) is 1.01. The van der Waals surface area contributed by atoms with Crippen LogP contribution in [0.3, 0.4) is 0 Å². The summed E-state index contributed by atoms with van der Waals surface area (Å²) in [5, 5.41) is 11.5. The Morgan fingerprint density at radius 2 is 2.39 bits per heavy atom. The van der Waals surface area contributed by atoms with E-state index in [4.69, 9.17) is 5.73 Å². The number of hydrogen-bond donors (Lipinski definition) is 1. The van der Waals surface area contributed by atoms with Gasteiger partial charge in [-0.2, -0.15) is 11.3 Å². The van der Waals surface area contributed by atoms with Crippen molar-refractivity contribution in [2.24, 2.45) is 5.73 Å². The van der Waals surface area contributed by atoms with Crippen LogP contribution in [0, 0.1) is 0 Å². The number of carbonyl (C=O) groups is 2. The summed E-state index contributed by atoms with van der Waals surface area (Å²) >= 11 is 2.61. The molecule has 18 heavy (non-hydrogen) atoms. The maximum Gasteiger partial charge on any atom is 0.230 e. The first-order valence-corrected chi connectivity index (χ1v) is 6.84. The summed E-state index contributed by atoms with van der Waals surface area (Å²) in [4.78, 5) is 22.1. The van der Waals surface area contributed by atoms with Crippen LogP contribution in [0.1, 0.15) is 6.92 Å². The van der Waals surface area contributed by atoms with E-state index < -0.39 is 11.2 Å². The minimum absolute atomic E-state index is 0.359. The maximum absolute atomic E-state index is 11.1. The van der Waals surface area contributed by atoms with E-state index in [-0.39, 0.29) is 0 Å². The van der Waals surface area contributed by atoms with Crippen LogP contribution in [-0.2, 0) is 9.59 Å². The van der Waals surface area contributed by atoms with E-state index in [1.54, 1.807) is 6.92 Å². The standard InChI is InChI=1S/C10H10N4O2S2/c1-6(8(11)16)18-10-13-12-9(14(10)5-15)7-2-3-17-4-7/h2-6H,1H3,(H2,11,16). The number of hydrogen-bond acceptors (Lipinski definition) is 6. The van der Waals surface area contributed by atoms with E-state index in [2.05, 4.69) is 10.2 Å². The first-order chi connectivity index (χ1) is 8.63. The average molecular weight is 282 g/mol. The van der Waals surface area contributed by atoms with Crippen molar-refractivity contribution in [3.63, 3.8) is 0 Å². The van der Waals surface area contributed by atoms with Gasteiger partial charge in [-0.25, -0.2) is 4.57 Å². The molecule has 0 aromatic carbocycles. The molecule has 0 fully saturated rings. The summed E-state index contributed by atoms with van der Waals surface area (Å²) in [5.74, 6) is 0.00273. The molecule has 2 aromatic rings. The first kappa shape index (κ1) is 12.8. The number of aromatic nitrogens is 3. The van der Waals surface area contributed by atoms with Crippen LogP contribution < -0.4 is 5.73 Å². The molecule has 1 amide bonds. The quantitative estimate of drug-likeness (QED) is 0.653. The number of rotatable bonds is 5. The molecule has 1 atom stereocenters. The number of nitrogens with zero attached hydrogens (tertiary/aromatic N) is 3. The van der Waals surface area contributed by atoms with Gasteiger partial charge in [0.05, 0.1) is 5.25 Å². The van der Waals surface area contributed by atoms with Crippen molar-refractivity contribution in [3.8, 4) is 11.4 Å². The molecule has 6 nitrogen and oxygen atoms in total. The lowest BCUT2D eigenvalue weighted by atomic mass is 10.3. The third-order valence-electron chi connectivity index (χ3n) is 2.23. The van der Waals surface area contributed by atoms with Crippen LogP contribution in [0.5, 0.6) is 0 Å². The summed E-state index contributed by atoms with van der Waals surface area (Å²) in [6.07, 6.45) is 0.628. The third-order valence-corrected chi connectivity index (χ3v) is 3.99. The van der Waals surface area contributed by atoms with Gasteiger partial charge in [-0.15, -0.1) is 10.2 Å². The van der Waals surface area contributed by atoms with Crippen LogP contribution in [-0.4, -0.2) is 32.3 Å². The van der Waals surface area contributed by atoms with Crippen LogP contribution in [0.15, 0.2) is 22.0 Å². The zero-order valence-electron chi connectivity index (χ0n) is 9.44. The van der Waals surface area contributed by atoms with Crippen LogP contribution in [0.25, 0.3) is 11.4 Å². The lowest BCUT2D eigenvalue weighted by Gasteiger charge is -2.05. The van der Waals surface area contributed by atoms with Gasteiger partial charge in [0.15, 0.2) is 11.0 Å². The Morgan fingerprint density at radius 3 is 2.94 bits per heavy atom. The SMILES string of the molecule is CC(Sc1nnc(-c2ccsc2)n1C=O)C(N)=O. The minimum Gasteiger partial charge on any atom is -0.369 e. The molecule has 0 saturated carbocycles. The number of amides is 1. The number of carbonyl (C=O) groups excluding carboxylic acids is 2. The molecule has 0 aliphatic heterocycles. The lowest BCUT2D eigenvalue weighted by molar-refractivity contribution is -0.117. The van der Waals surface area contributed by atoms with E-state index in [0.717, 1.165) is 17.3 Å². The van der Waals surface area contributed by atoms with Gasteiger partial charge in [0, 0.05) is 10.9 Å². The summed E-state index contributed by atoms with van der Waals surface area (Å²) in [5.41, 5.74) is 5.99. The third kappa shape index (κ3) is 2.44. The number of primary amides is 1. The highest BCUT2D eigenvalue weighted by Crippen LogP contribution is 2.26. The average Bonchev–Trinajstić information content (AvgIpc) is 2.96. The Balaban J connectivity index is 2.33. The Morgan fingerprint density at radius 1 is 1.61 bits per heavy atom. The van der Waals surface area contributed by atoms with Gasteiger partial charge >= 0.3 is 0 Å². The maximum atomic E-state index is 11.1. The van der Waals surface area contributed by atoms with E-state index in [9.17, 15) is 9.59 Å².